The van der Waals surface area contributed by atoms with Gasteiger partial charge in [-0.25, -0.2) is 4.98 Å². The highest BCUT2D eigenvalue weighted by Crippen LogP contribution is 2.24. The minimum Gasteiger partial charge on any atom is -0.497 e. The molecule has 0 amide bonds. The summed E-state index contributed by atoms with van der Waals surface area (Å²) >= 11 is 0. The van der Waals surface area contributed by atoms with Crippen LogP contribution in [0.2, 0.25) is 0 Å². The van der Waals surface area contributed by atoms with Gasteiger partial charge in [-0.15, -0.1) is 10.2 Å². The molecular formula is C17H19N5O. The number of aryl methyl sites for hydroxylation is 1. The van der Waals surface area contributed by atoms with E-state index in [2.05, 4.69) is 27.2 Å². The van der Waals surface area contributed by atoms with Crippen molar-refractivity contribution in [1.29, 1.82) is 0 Å². The second-order valence-electron chi connectivity index (χ2n) is 5.84. The third-order valence-corrected chi connectivity index (χ3v) is 4.50. The predicted molar refractivity (Wildman–Crippen MR) is 88.1 cm³/mol. The van der Waals surface area contributed by atoms with Gasteiger partial charge in [-0.2, -0.15) is 0 Å². The van der Waals surface area contributed by atoms with E-state index in [1.165, 1.54) is 11.1 Å². The zero-order chi connectivity index (χ0) is 15.8. The molecule has 0 radical (unpaired) electrons. The molecule has 23 heavy (non-hydrogen) atoms. The Morgan fingerprint density at radius 1 is 1.09 bits per heavy atom. The standard InChI is InChI=1S/C17H19N5O/c1-12-19-16(10-17-20-18-11-22(12)17)21-7-5-13-3-4-15(23-2)9-14(13)6-8-21/h3-4,9-11H,5-8H2,1-2H3. The van der Waals surface area contributed by atoms with E-state index in [0.29, 0.717) is 0 Å². The van der Waals surface area contributed by atoms with Crippen molar-refractivity contribution in [3.8, 4) is 5.75 Å². The van der Waals surface area contributed by atoms with Crippen molar-refractivity contribution < 1.29 is 4.74 Å². The summed E-state index contributed by atoms with van der Waals surface area (Å²) in [5.41, 5.74) is 3.61. The van der Waals surface area contributed by atoms with E-state index >= 15 is 0 Å². The van der Waals surface area contributed by atoms with Gasteiger partial charge in [-0.3, -0.25) is 4.40 Å². The Morgan fingerprint density at radius 2 is 1.91 bits per heavy atom. The van der Waals surface area contributed by atoms with Gasteiger partial charge in [-0.05, 0) is 43.0 Å². The van der Waals surface area contributed by atoms with Crippen LogP contribution >= 0.6 is 0 Å². The molecule has 1 aromatic carbocycles. The largest absolute Gasteiger partial charge is 0.497 e. The van der Waals surface area contributed by atoms with Crippen molar-refractivity contribution in [2.24, 2.45) is 0 Å². The van der Waals surface area contributed by atoms with Crippen molar-refractivity contribution in [3.63, 3.8) is 0 Å². The second-order valence-corrected chi connectivity index (χ2v) is 5.84. The molecule has 6 nitrogen and oxygen atoms in total. The smallest absolute Gasteiger partial charge is 0.165 e. The van der Waals surface area contributed by atoms with E-state index in [1.807, 2.05) is 23.5 Å². The summed E-state index contributed by atoms with van der Waals surface area (Å²) in [6.45, 7) is 3.88. The molecule has 0 bridgehead atoms. The second kappa shape index (κ2) is 5.53. The van der Waals surface area contributed by atoms with Crippen LogP contribution in [-0.4, -0.2) is 39.8 Å². The minimum absolute atomic E-state index is 0.843. The number of hydrogen-bond acceptors (Lipinski definition) is 5. The monoisotopic (exact) mass is 309 g/mol. The molecule has 3 aromatic rings. The lowest BCUT2D eigenvalue weighted by molar-refractivity contribution is 0.414. The Morgan fingerprint density at radius 3 is 2.74 bits per heavy atom. The number of benzene rings is 1. The molecule has 118 valence electrons. The van der Waals surface area contributed by atoms with Gasteiger partial charge < -0.3 is 9.64 Å². The fourth-order valence-corrected chi connectivity index (χ4v) is 3.18. The third-order valence-electron chi connectivity index (χ3n) is 4.50. The first-order valence-electron chi connectivity index (χ1n) is 7.83. The highest BCUT2D eigenvalue weighted by atomic mass is 16.5. The summed E-state index contributed by atoms with van der Waals surface area (Å²) in [5, 5.41) is 8.11. The highest BCUT2D eigenvalue weighted by Gasteiger charge is 2.17. The molecule has 0 N–H and O–H groups in total. The van der Waals surface area contributed by atoms with Gasteiger partial charge in [0.2, 0.25) is 0 Å². The van der Waals surface area contributed by atoms with Crippen LogP contribution in [0.4, 0.5) is 5.82 Å². The van der Waals surface area contributed by atoms with Gasteiger partial charge in [0.1, 0.15) is 23.7 Å². The number of anilines is 1. The van der Waals surface area contributed by atoms with E-state index in [0.717, 1.165) is 49.0 Å². The summed E-state index contributed by atoms with van der Waals surface area (Å²) in [7, 11) is 1.71. The predicted octanol–water partition coefficient (Wildman–Crippen LogP) is 2.05. The fraction of sp³-hybridized carbons (Fsp3) is 0.353. The SMILES string of the molecule is COc1ccc2c(c1)CCN(c1cc3nncn3c(C)n1)CC2. The van der Waals surface area contributed by atoms with Crippen LogP contribution in [0, 0.1) is 6.92 Å². The first-order chi connectivity index (χ1) is 11.2. The fourth-order valence-electron chi connectivity index (χ4n) is 3.18. The molecule has 1 aliphatic heterocycles. The number of fused-ring (bicyclic) bond motifs is 2. The first kappa shape index (κ1) is 14.0. The summed E-state index contributed by atoms with van der Waals surface area (Å²) in [6.07, 6.45) is 3.70. The van der Waals surface area contributed by atoms with Crippen LogP contribution in [0.5, 0.6) is 5.75 Å². The van der Waals surface area contributed by atoms with Crippen LogP contribution in [0.15, 0.2) is 30.6 Å². The van der Waals surface area contributed by atoms with Crippen molar-refractivity contribution in [1.82, 2.24) is 19.6 Å². The lowest BCUT2D eigenvalue weighted by atomic mass is 10.0. The molecule has 2 aromatic heterocycles. The van der Waals surface area contributed by atoms with Gasteiger partial charge in [0, 0.05) is 19.2 Å². The number of nitrogens with zero attached hydrogens (tertiary/aromatic N) is 5. The van der Waals surface area contributed by atoms with Gasteiger partial charge in [0.15, 0.2) is 5.65 Å². The van der Waals surface area contributed by atoms with E-state index in [-0.39, 0.29) is 0 Å². The zero-order valence-electron chi connectivity index (χ0n) is 13.4. The van der Waals surface area contributed by atoms with E-state index in [4.69, 9.17) is 9.72 Å². The average molecular weight is 309 g/mol. The molecule has 3 heterocycles. The summed E-state index contributed by atoms with van der Waals surface area (Å²) in [4.78, 5) is 7.05. The van der Waals surface area contributed by atoms with Crippen molar-refractivity contribution in [3.05, 3.63) is 47.5 Å². The highest BCUT2D eigenvalue weighted by molar-refractivity contribution is 5.52. The third kappa shape index (κ3) is 2.50. The van der Waals surface area contributed by atoms with Crippen molar-refractivity contribution in [2.45, 2.75) is 19.8 Å². The van der Waals surface area contributed by atoms with Gasteiger partial charge in [-0.1, -0.05) is 6.07 Å². The normalized spacial score (nSPS) is 14.6. The van der Waals surface area contributed by atoms with Gasteiger partial charge in [0.25, 0.3) is 0 Å². The quantitative estimate of drug-likeness (QED) is 0.725. The molecular weight excluding hydrogens is 290 g/mol. The maximum Gasteiger partial charge on any atom is 0.165 e. The van der Waals surface area contributed by atoms with Crippen LogP contribution in [-0.2, 0) is 12.8 Å². The summed E-state index contributed by atoms with van der Waals surface area (Å²) in [5.74, 6) is 2.81. The molecule has 4 rings (SSSR count). The maximum atomic E-state index is 5.34. The maximum absolute atomic E-state index is 5.34. The van der Waals surface area contributed by atoms with Crippen LogP contribution in [0.3, 0.4) is 0 Å². The first-order valence-corrected chi connectivity index (χ1v) is 7.83. The van der Waals surface area contributed by atoms with Crippen molar-refractivity contribution >= 4 is 11.5 Å². The van der Waals surface area contributed by atoms with E-state index < -0.39 is 0 Å². The van der Waals surface area contributed by atoms with E-state index in [1.54, 1.807) is 13.4 Å². The zero-order valence-corrected chi connectivity index (χ0v) is 13.4. The van der Waals surface area contributed by atoms with Crippen molar-refractivity contribution in [2.75, 3.05) is 25.1 Å². The number of hydrogen-bond donors (Lipinski definition) is 0. The summed E-state index contributed by atoms with van der Waals surface area (Å²) in [6, 6.07) is 8.38. The van der Waals surface area contributed by atoms with Gasteiger partial charge in [0.05, 0.1) is 7.11 Å². The number of methoxy groups -OCH3 is 1. The van der Waals surface area contributed by atoms with E-state index in [9.17, 15) is 0 Å². The Balaban J connectivity index is 1.63. The van der Waals surface area contributed by atoms with Gasteiger partial charge >= 0.3 is 0 Å². The number of aromatic nitrogens is 4. The Hall–Kier alpha value is -2.63. The topological polar surface area (TPSA) is 55.5 Å². The molecule has 0 atom stereocenters. The average Bonchev–Trinajstić information content (AvgIpc) is 2.94. The minimum atomic E-state index is 0.843. The Bertz CT molecular complexity index is 857. The lowest BCUT2D eigenvalue weighted by Gasteiger charge is -2.21. The molecule has 0 spiro atoms. The molecule has 0 saturated carbocycles. The molecule has 1 aliphatic rings. The number of ether oxygens (including phenoxy) is 1. The lowest BCUT2D eigenvalue weighted by Crippen LogP contribution is -2.27. The Kier molecular flexibility index (Phi) is 3.37. The molecule has 0 aliphatic carbocycles. The Labute approximate surface area is 134 Å². The molecule has 0 unspecified atom stereocenters. The molecule has 0 fully saturated rings. The van der Waals surface area contributed by atoms with Crippen LogP contribution < -0.4 is 9.64 Å². The van der Waals surface area contributed by atoms with Crippen LogP contribution in [0.1, 0.15) is 17.0 Å². The molecule has 6 heteroatoms. The molecule has 0 saturated heterocycles. The summed E-state index contributed by atoms with van der Waals surface area (Å²) < 4.78 is 7.25. The number of rotatable bonds is 2. The van der Waals surface area contributed by atoms with Crippen LogP contribution in [0.25, 0.3) is 5.65 Å².